The second-order valence-electron chi connectivity index (χ2n) is 7.45. The summed E-state index contributed by atoms with van der Waals surface area (Å²) in [5, 5.41) is 1.79. The van der Waals surface area contributed by atoms with E-state index in [9.17, 15) is 0 Å². The van der Waals surface area contributed by atoms with Gasteiger partial charge in [0.15, 0.2) is 5.82 Å². The van der Waals surface area contributed by atoms with Crippen LogP contribution in [0.3, 0.4) is 0 Å². The number of nitrogens with one attached hydrogen (secondary N) is 1. The van der Waals surface area contributed by atoms with Gasteiger partial charge >= 0.3 is 0 Å². The molecule has 1 aliphatic rings. The third-order valence-corrected chi connectivity index (χ3v) is 5.85. The van der Waals surface area contributed by atoms with Crippen LogP contribution < -0.4 is 16.0 Å². The van der Waals surface area contributed by atoms with Gasteiger partial charge in [0.1, 0.15) is 5.75 Å². The van der Waals surface area contributed by atoms with E-state index in [-0.39, 0.29) is 0 Å². The highest BCUT2D eigenvalue weighted by Crippen LogP contribution is 2.36. The zero-order valence-electron chi connectivity index (χ0n) is 16.4. The molecule has 0 unspecified atom stereocenters. The van der Waals surface area contributed by atoms with E-state index < -0.39 is 0 Å². The molecule has 1 fully saturated rings. The van der Waals surface area contributed by atoms with Crippen LogP contribution in [0, 0.1) is 0 Å². The van der Waals surface area contributed by atoms with Crippen molar-refractivity contribution in [2.45, 2.75) is 37.6 Å². The number of hydrazine groups is 1. The molecule has 5 nitrogen and oxygen atoms in total. The number of halogens is 1. The Morgan fingerprint density at radius 3 is 2.48 bits per heavy atom. The molecule has 150 valence electrons. The average molecular weight is 409 g/mol. The number of ether oxygens (including phenoxy) is 1. The highest BCUT2D eigenvalue weighted by molar-refractivity contribution is 6.30. The first kappa shape index (κ1) is 19.8. The number of hydrogen-bond acceptors (Lipinski definition) is 5. The van der Waals surface area contributed by atoms with E-state index in [0.29, 0.717) is 17.8 Å². The van der Waals surface area contributed by atoms with Gasteiger partial charge in [-0.1, -0.05) is 29.8 Å². The second kappa shape index (κ2) is 8.91. The quantitative estimate of drug-likeness (QED) is 0.461. The number of fused-ring (bicyclic) bond motifs is 1. The van der Waals surface area contributed by atoms with Crippen LogP contribution in [0.15, 0.2) is 42.5 Å². The van der Waals surface area contributed by atoms with Crippen molar-refractivity contribution in [2.24, 2.45) is 5.84 Å². The van der Waals surface area contributed by atoms with E-state index in [1.54, 1.807) is 7.11 Å². The van der Waals surface area contributed by atoms with E-state index in [1.165, 1.54) is 0 Å². The van der Waals surface area contributed by atoms with Gasteiger partial charge in [-0.05, 0) is 67.7 Å². The van der Waals surface area contributed by atoms with Gasteiger partial charge in [-0.3, -0.25) is 11.3 Å². The number of nitrogens with two attached hydrogens (primary N) is 1. The maximum atomic E-state index is 5.98. The highest BCUT2D eigenvalue weighted by Gasteiger charge is 2.25. The van der Waals surface area contributed by atoms with Crippen molar-refractivity contribution in [2.75, 3.05) is 7.11 Å². The lowest BCUT2D eigenvalue weighted by atomic mass is 9.83. The Hall–Kier alpha value is -2.47. The second-order valence-corrected chi connectivity index (χ2v) is 7.89. The molecule has 3 N–H and O–H groups in total. The molecule has 0 spiro atoms. The van der Waals surface area contributed by atoms with E-state index in [0.717, 1.165) is 58.6 Å². The van der Waals surface area contributed by atoms with Crippen LogP contribution in [0.1, 0.15) is 48.7 Å². The molecule has 1 aromatic heterocycles. The van der Waals surface area contributed by atoms with Crippen molar-refractivity contribution in [3.8, 4) is 5.75 Å². The zero-order chi connectivity index (χ0) is 20.2. The van der Waals surface area contributed by atoms with Crippen molar-refractivity contribution in [1.29, 1.82) is 0 Å². The Kier molecular flexibility index (Phi) is 6.09. The summed E-state index contributed by atoms with van der Waals surface area (Å²) in [5.74, 6) is 7.56. The monoisotopic (exact) mass is 408 g/mol. The standard InChI is InChI=1S/C23H25ClN4O/c1-29-19-11-12-21-20(14-19)23(16-5-9-18(28-25)10-6-16)27-22(26-21)13-4-15-2-7-17(24)8-3-15/h2-4,7-8,11-14,16,18,28H,5-6,9-10,25H2,1H3/b13-4-. The fourth-order valence-electron chi connectivity index (χ4n) is 3.94. The van der Waals surface area contributed by atoms with Gasteiger partial charge in [-0.25, -0.2) is 9.97 Å². The lowest BCUT2D eigenvalue weighted by Gasteiger charge is -2.28. The van der Waals surface area contributed by atoms with E-state index in [2.05, 4.69) is 5.43 Å². The number of hydrogen-bond donors (Lipinski definition) is 2. The smallest absolute Gasteiger partial charge is 0.152 e. The van der Waals surface area contributed by atoms with E-state index in [1.807, 2.05) is 54.6 Å². The zero-order valence-corrected chi connectivity index (χ0v) is 17.2. The molecule has 1 heterocycles. The van der Waals surface area contributed by atoms with Gasteiger partial charge < -0.3 is 4.74 Å². The van der Waals surface area contributed by atoms with Crippen LogP contribution in [0.2, 0.25) is 5.02 Å². The average Bonchev–Trinajstić information content (AvgIpc) is 2.78. The fourth-order valence-corrected chi connectivity index (χ4v) is 4.07. The number of nitrogens with zero attached hydrogens (tertiary/aromatic N) is 2. The maximum Gasteiger partial charge on any atom is 0.152 e. The van der Waals surface area contributed by atoms with Crippen LogP contribution in [0.5, 0.6) is 5.75 Å². The minimum atomic E-state index is 0.387. The van der Waals surface area contributed by atoms with Crippen molar-refractivity contribution < 1.29 is 4.74 Å². The van der Waals surface area contributed by atoms with Gasteiger partial charge in [-0.2, -0.15) is 0 Å². The molecule has 0 atom stereocenters. The summed E-state index contributed by atoms with van der Waals surface area (Å²) >= 11 is 5.98. The molecule has 1 saturated carbocycles. The highest BCUT2D eigenvalue weighted by atomic mass is 35.5. The molecular formula is C23H25ClN4O. The summed E-state index contributed by atoms with van der Waals surface area (Å²) in [7, 11) is 1.68. The summed E-state index contributed by atoms with van der Waals surface area (Å²) in [6.45, 7) is 0. The summed E-state index contributed by atoms with van der Waals surface area (Å²) in [5.41, 5.74) is 6.00. The van der Waals surface area contributed by atoms with E-state index >= 15 is 0 Å². The molecule has 2 aromatic carbocycles. The topological polar surface area (TPSA) is 73.1 Å². The molecule has 3 aromatic rings. The first-order valence-corrected chi connectivity index (χ1v) is 10.3. The van der Waals surface area contributed by atoms with Crippen LogP contribution >= 0.6 is 11.6 Å². The van der Waals surface area contributed by atoms with Gasteiger partial charge in [0.25, 0.3) is 0 Å². The molecule has 0 aliphatic heterocycles. The summed E-state index contributed by atoms with van der Waals surface area (Å²) in [4.78, 5) is 9.71. The maximum absolute atomic E-state index is 5.98. The van der Waals surface area contributed by atoms with Crippen molar-refractivity contribution >= 4 is 34.7 Å². The summed E-state index contributed by atoms with van der Waals surface area (Å²) < 4.78 is 5.44. The Bertz CT molecular complexity index is 1010. The lowest BCUT2D eigenvalue weighted by Crippen LogP contribution is -2.37. The summed E-state index contributed by atoms with van der Waals surface area (Å²) in [6.07, 6.45) is 8.18. The minimum Gasteiger partial charge on any atom is -0.497 e. The summed E-state index contributed by atoms with van der Waals surface area (Å²) in [6, 6.07) is 14.1. The lowest BCUT2D eigenvalue weighted by molar-refractivity contribution is 0.344. The Balaban J connectivity index is 1.71. The molecule has 1 aliphatic carbocycles. The molecule has 4 rings (SSSR count). The van der Waals surface area contributed by atoms with Crippen LogP contribution in [-0.4, -0.2) is 23.1 Å². The largest absolute Gasteiger partial charge is 0.497 e. The van der Waals surface area contributed by atoms with Gasteiger partial charge in [0, 0.05) is 22.4 Å². The predicted octanol–water partition coefficient (Wildman–Crippen LogP) is 4.95. The number of aromatic nitrogens is 2. The van der Waals surface area contributed by atoms with Gasteiger partial charge in [0.05, 0.1) is 18.3 Å². The van der Waals surface area contributed by atoms with E-state index in [4.69, 9.17) is 32.1 Å². The Morgan fingerprint density at radius 1 is 1.03 bits per heavy atom. The molecule has 0 radical (unpaired) electrons. The third-order valence-electron chi connectivity index (χ3n) is 5.59. The molecule has 29 heavy (non-hydrogen) atoms. The number of methoxy groups -OCH3 is 1. The van der Waals surface area contributed by atoms with Crippen LogP contribution in [-0.2, 0) is 0 Å². The molecular weight excluding hydrogens is 384 g/mol. The third kappa shape index (κ3) is 4.58. The number of rotatable bonds is 5. The van der Waals surface area contributed by atoms with Crippen LogP contribution in [0.4, 0.5) is 0 Å². The van der Waals surface area contributed by atoms with Crippen molar-refractivity contribution in [3.63, 3.8) is 0 Å². The Morgan fingerprint density at radius 2 is 1.79 bits per heavy atom. The van der Waals surface area contributed by atoms with Gasteiger partial charge in [0.2, 0.25) is 0 Å². The molecule has 6 heteroatoms. The molecule has 0 bridgehead atoms. The normalized spacial score (nSPS) is 19.7. The number of benzene rings is 2. The SMILES string of the molecule is COc1ccc2nc(/C=C\c3ccc(Cl)cc3)nc(C3CCC(NN)CC3)c2c1. The fraction of sp³-hybridized carbons (Fsp3) is 0.304. The molecule has 0 amide bonds. The minimum absolute atomic E-state index is 0.387. The van der Waals surface area contributed by atoms with Gasteiger partial charge in [-0.15, -0.1) is 0 Å². The van der Waals surface area contributed by atoms with Crippen molar-refractivity contribution in [1.82, 2.24) is 15.4 Å². The Labute approximate surface area is 175 Å². The predicted molar refractivity (Wildman–Crippen MR) is 119 cm³/mol. The van der Waals surface area contributed by atoms with Crippen molar-refractivity contribution in [3.05, 3.63) is 64.6 Å². The first-order chi connectivity index (χ1) is 14.2. The first-order valence-electron chi connectivity index (χ1n) is 9.91. The molecule has 0 saturated heterocycles. The van der Waals surface area contributed by atoms with Crippen LogP contribution in [0.25, 0.3) is 23.1 Å².